The third-order valence-electron chi connectivity index (χ3n) is 5.62. The van der Waals surface area contributed by atoms with E-state index < -0.39 is 5.97 Å². The van der Waals surface area contributed by atoms with Crippen LogP contribution in [-0.4, -0.2) is 61.2 Å². The normalized spacial score (nSPS) is 14.1. The molecule has 0 atom stereocenters. The van der Waals surface area contributed by atoms with Crippen molar-refractivity contribution in [1.29, 1.82) is 0 Å². The fourth-order valence-corrected chi connectivity index (χ4v) is 5.87. The summed E-state index contributed by atoms with van der Waals surface area (Å²) in [6.45, 7) is 5.02. The van der Waals surface area contributed by atoms with Gasteiger partial charge in [-0.25, -0.2) is 4.79 Å². The van der Waals surface area contributed by atoms with Crippen molar-refractivity contribution in [3.8, 4) is 16.9 Å². The molecule has 2 N–H and O–H groups in total. The van der Waals surface area contributed by atoms with Crippen molar-refractivity contribution in [3.63, 3.8) is 0 Å². The van der Waals surface area contributed by atoms with Gasteiger partial charge in [-0.15, -0.1) is 11.3 Å². The van der Waals surface area contributed by atoms with E-state index in [0.717, 1.165) is 20.6 Å². The maximum Gasteiger partial charge on any atom is 0.341 e. The summed E-state index contributed by atoms with van der Waals surface area (Å²) in [5.41, 5.74) is 2.76. The van der Waals surface area contributed by atoms with E-state index in [-0.39, 0.29) is 24.8 Å². The van der Waals surface area contributed by atoms with Gasteiger partial charge < -0.3 is 20.1 Å². The molecule has 0 aliphatic carbocycles. The first-order valence-corrected chi connectivity index (χ1v) is 12.7. The number of halogens is 1. The Bertz CT molecular complexity index is 1160. The number of piperazine rings is 1. The SMILES string of the molecule is CCOC(=O)c1c(NC(=O)CN2CCN(c3ccccc3O)CC2)sc(Br)c1-c1ccccc1. The van der Waals surface area contributed by atoms with E-state index in [1.165, 1.54) is 11.3 Å². The van der Waals surface area contributed by atoms with Crippen LogP contribution in [0.4, 0.5) is 10.7 Å². The molecule has 7 nitrogen and oxygen atoms in total. The van der Waals surface area contributed by atoms with Gasteiger partial charge in [0.2, 0.25) is 5.91 Å². The van der Waals surface area contributed by atoms with Crippen molar-refractivity contribution in [1.82, 2.24) is 4.90 Å². The number of esters is 1. The first-order chi connectivity index (χ1) is 16.5. The zero-order chi connectivity index (χ0) is 24.1. The number of hydrogen-bond donors (Lipinski definition) is 2. The molecule has 1 fully saturated rings. The lowest BCUT2D eigenvalue weighted by atomic mass is 10.0. The summed E-state index contributed by atoms with van der Waals surface area (Å²) < 4.78 is 6.06. The number of carbonyl (C=O) groups is 2. The Morgan fingerprint density at radius 3 is 2.41 bits per heavy atom. The molecule has 0 bridgehead atoms. The summed E-state index contributed by atoms with van der Waals surface area (Å²) in [5, 5.41) is 13.5. The van der Waals surface area contributed by atoms with Crippen LogP contribution < -0.4 is 10.2 Å². The fourth-order valence-electron chi connectivity index (χ4n) is 4.00. The number of anilines is 2. The Labute approximate surface area is 211 Å². The van der Waals surface area contributed by atoms with Gasteiger partial charge >= 0.3 is 5.97 Å². The molecule has 178 valence electrons. The van der Waals surface area contributed by atoms with E-state index in [0.29, 0.717) is 36.7 Å². The minimum atomic E-state index is -0.463. The Morgan fingerprint density at radius 2 is 1.74 bits per heavy atom. The van der Waals surface area contributed by atoms with E-state index in [9.17, 15) is 14.7 Å². The molecular formula is C25H26BrN3O4S. The molecule has 4 rings (SSSR count). The van der Waals surface area contributed by atoms with Crippen LogP contribution in [-0.2, 0) is 9.53 Å². The third kappa shape index (κ3) is 5.43. The van der Waals surface area contributed by atoms with Gasteiger partial charge in [-0.2, -0.15) is 0 Å². The van der Waals surface area contributed by atoms with Crippen LogP contribution in [0.25, 0.3) is 11.1 Å². The minimum Gasteiger partial charge on any atom is -0.506 e. The molecule has 2 aromatic carbocycles. The average Bonchev–Trinajstić information content (AvgIpc) is 3.16. The zero-order valence-electron chi connectivity index (χ0n) is 18.8. The van der Waals surface area contributed by atoms with Crippen molar-refractivity contribution in [2.24, 2.45) is 0 Å². The first-order valence-electron chi connectivity index (χ1n) is 11.1. The average molecular weight is 544 g/mol. The number of ether oxygens (including phenoxy) is 1. The number of phenolic OH excluding ortho intramolecular Hbond substituents is 1. The maximum absolute atomic E-state index is 12.9. The number of rotatable bonds is 7. The number of benzene rings is 2. The second kappa shape index (κ2) is 11.0. The molecule has 1 aromatic heterocycles. The highest BCUT2D eigenvalue weighted by atomic mass is 79.9. The third-order valence-corrected chi connectivity index (χ3v) is 7.40. The van der Waals surface area contributed by atoms with Gasteiger partial charge in [0.25, 0.3) is 0 Å². The number of para-hydroxylation sites is 2. The second-order valence-electron chi connectivity index (χ2n) is 7.84. The lowest BCUT2D eigenvalue weighted by Gasteiger charge is -2.35. The Hall–Kier alpha value is -2.88. The number of nitrogens with one attached hydrogen (secondary N) is 1. The maximum atomic E-state index is 12.9. The number of aromatic hydroxyl groups is 1. The number of hydrogen-bond acceptors (Lipinski definition) is 7. The molecule has 3 aromatic rings. The summed E-state index contributed by atoms with van der Waals surface area (Å²) in [6.07, 6.45) is 0. The van der Waals surface area contributed by atoms with Gasteiger partial charge in [0.1, 0.15) is 16.3 Å². The lowest BCUT2D eigenvalue weighted by molar-refractivity contribution is -0.117. The van der Waals surface area contributed by atoms with Crippen LogP contribution in [0.3, 0.4) is 0 Å². The van der Waals surface area contributed by atoms with Crippen molar-refractivity contribution >= 4 is 49.8 Å². The Kier molecular flexibility index (Phi) is 7.87. The highest BCUT2D eigenvalue weighted by Gasteiger charge is 2.27. The lowest BCUT2D eigenvalue weighted by Crippen LogP contribution is -2.48. The molecule has 0 saturated carbocycles. The van der Waals surface area contributed by atoms with Crippen LogP contribution in [0.5, 0.6) is 5.75 Å². The monoisotopic (exact) mass is 543 g/mol. The predicted molar refractivity (Wildman–Crippen MR) is 139 cm³/mol. The molecule has 0 unspecified atom stereocenters. The van der Waals surface area contributed by atoms with Gasteiger partial charge in [0, 0.05) is 31.7 Å². The van der Waals surface area contributed by atoms with E-state index in [1.807, 2.05) is 42.5 Å². The summed E-state index contributed by atoms with van der Waals surface area (Å²) in [4.78, 5) is 29.9. The number of thiophene rings is 1. The van der Waals surface area contributed by atoms with E-state index in [2.05, 4.69) is 31.0 Å². The summed E-state index contributed by atoms with van der Waals surface area (Å²) >= 11 is 4.88. The van der Waals surface area contributed by atoms with Crippen molar-refractivity contribution in [2.75, 3.05) is 49.5 Å². The van der Waals surface area contributed by atoms with Gasteiger partial charge in [0.15, 0.2) is 0 Å². The van der Waals surface area contributed by atoms with Gasteiger partial charge in [-0.1, -0.05) is 42.5 Å². The highest BCUT2D eigenvalue weighted by Crippen LogP contribution is 2.44. The quantitative estimate of drug-likeness (QED) is 0.415. The number of phenols is 1. The number of amides is 1. The van der Waals surface area contributed by atoms with Crippen molar-refractivity contribution < 1.29 is 19.4 Å². The molecule has 0 radical (unpaired) electrons. The van der Waals surface area contributed by atoms with Gasteiger partial charge in [-0.3, -0.25) is 9.69 Å². The smallest absolute Gasteiger partial charge is 0.341 e. The molecule has 2 heterocycles. The first kappa shape index (κ1) is 24.3. The standard InChI is InChI=1S/C25H26BrN3O4S/c1-2-33-25(32)22-21(17-8-4-3-5-9-17)23(26)34-24(22)27-20(31)16-28-12-14-29(15-13-28)18-10-6-7-11-19(18)30/h3-11,30H,2,12-16H2,1H3,(H,27,31). The highest BCUT2D eigenvalue weighted by molar-refractivity contribution is 9.11. The summed E-state index contributed by atoms with van der Waals surface area (Å²) in [7, 11) is 0. The molecule has 1 saturated heterocycles. The van der Waals surface area contributed by atoms with Crippen LogP contribution in [0.15, 0.2) is 58.4 Å². The predicted octanol–water partition coefficient (Wildman–Crippen LogP) is 4.82. The Morgan fingerprint density at radius 1 is 1.06 bits per heavy atom. The van der Waals surface area contributed by atoms with Crippen LogP contribution in [0.1, 0.15) is 17.3 Å². The van der Waals surface area contributed by atoms with Gasteiger partial charge in [-0.05, 0) is 40.5 Å². The van der Waals surface area contributed by atoms with E-state index in [4.69, 9.17) is 4.74 Å². The van der Waals surface area contributed by atoms with Gasteiger partial charge in [0.05, 0.1) is 22.6 Å². The minimum absolute atomic E-state index is 0.185. The molecular weight excluding hydrogens is 518 g/mol. The summed E-state index contributed by atoms with van der Waals surface area (Å²) in [6, 6.07) is 16.8. The molecule has 0 spiro atoms. The topological polar surface area (TPSA) is 82.1 Å². The fraction of sp³-hybridized carbons (Fsp3) is 0.280. The molecule has 1 amide bonds. The Balaban J connectivity index is 1.45. The number of nitrogens with zero attached hydrogens (tertiary/aromatic N) is 2. The second-order valence-corrected chi connectivity index (χ2v) is 10.2. The van der Waals surface area contributed by atoms with Crippen LogP contribution >= 0.6 is 27.3 Å². The van der Waals surface area contributed by atoms with E-state index in [1.54, 1.807) is 19.1 Å². The van der Waals surface area contributed by atoms with Crippen LogP contribution in [0.2, 0.25) is 0 Å². The zero-order valence-corrected chi connectivity index (χ0v) is 21.2. The molecule has 1 aliphatic rings. The van der Waals surface area contributed by atoms with E-state index >= 15 is 0 Å². The molecule has 9 heteroatoms. The molecule has 34 heavy (non-hydrogen) atoms. The van der Waals surface area contributed by atoms with Crippen LogP contribution in [0, 0.1) is 0 Å². The van der Waals surface area contributed by atoms with Crippen molar-refractivity contribution in [2.45, 2.75) is 6.92 Å². The van der Waals surface area contributed by atoms with Crippen molar-refractivity contribution in [3.05, 3.63) is 63.9 Å². The largest absolute Gasteiger partial charge is 0.506 e. The molecule has 1 aliphatic heterocycles. The summed E-state index contributed by atoms with van der Waals surface area (Å²) in [5.74, 6) is -0.387. The number of carbonyl (C=O) groups excluding carboxylic acids is 2.